The summed E-state index contributed by atoms with van der Waals surface area (Å²) in [6.45, 7) is -0.209. The number of aliphatic hydroxyl groups excluding tert-OH is 1. The Bertz CT molecular complexity index is 659. The normalized spacial score (nSPS) is 10.9. The van der Waals surface area contributed by atoms with Gasteiger partial charge >= 0.3 is 0 Å². The number of aliphatic hydroxyl groups is 1. The molecule has 0 aliphatic heterocycles. The van der Waals surface area contributed by atoms with Crippen LogP contribution in [0.4, 0.5) is 0 Å². The van der Waals surface area contributed by atoms with Gasteiger partial charge in [-0.05, 0) is 17.7 Å². The number of aromatic nitrogens is 1. The molecule has 2 rings (SSSR count). The van der Waals surface area contributed by atoms with Crippen LogP contribution in [0.5, 0.6) is 0 Å². The van der Waals surface area contributed by atoms with Crippen molar-refractivity contribution in [2.45, 2.75) is 6.61 Å². The molecule has 0 aliphatic rings. The first-order valence-corrected chi connectivity index (χ1v) is 7.42. The first kappa shape index (κ1) is 16.4. The SMILES string of the molecule is OCc1cc(Cl)nc(-c2c(Cl)c(Cl)c(Cl)c(Cl)c2Cl)c1. The molecule has 2 aromatic rings. The zero-order valence-corrected chi connectivity index (χ0v) is 14.1. The van der Waals surface area contributed by atoms with E-state index >= 15 is 0 Å². The number of halogens is 6. The highest BCUT2D eigenvalue weighted by Gasteiger charge is 2.21. The summed E-state index contributed by atoms with van der Waals surface area (Å²) in [5, 5.41) is 9.83. The Kier molecular flexibility index (Phi) is 5.30. The fraction of sp³-hybridized carbons (Fsp3) is 0.0833. The van der Waals surface area contributed by atoms with E-state index in [0.717, 1.165) is 0 Å². The molecule has 1 heterocycles. The molecule has 1 aromatic heterocycles. The summed E-state index contributed by atoms with van der Waals surface area (Å²) >= 11 is 36.1. The molecule has 0 radical (unpaired) electrons. The molecule has 2 nitrogen and oxygen atoms in total. The summed E-state index contributed by atoms with van der Waals surface area (Å²) in [6.07, 6.45) is 0. The van der Waals surface area contributed by atoms with Gasteiger partial charge < -0.3 is 5.11 Å². The third-order valence-electron chi connectivity index (χ3n) is 2.50. The summed E-state index contributed by atoms with van der Waals surface area (Å²) in [7, 11) is 0. The molecule has 0 saturated carbocycles. The quantitative estimate of drug-likeness (QED) is 0.377. The lowest BCUT2D eigenvalue weighted by molar-refractivity contribution is 0.282. The number of rotatable bonds is 2. The first-order chi connectivity index (χ1) is 9.36. The van der Waals surface area contributed by atoms with Gasteiger partial charge in [0.15, 0.2) is 0 Å². The third-order valence-corrected chi connectivity index (χ3v) is 4.97. The van der Waals surface area contributed by atoms with E-state index in [1.54, 1.807) is 6.07 Å². The van der Waals surface area contributed by atoms with Crippen molar-refractivity contribution in [3.05, 3.63) is 48.0 Å². The Balaban J connectivity index is 2.79. The van der Waals surface area contributed by atoms with Gasteiger partial charge in [0, 0.05) is 5.56 Å². The highest BCUT2D eigenvalue weighted by Crippen LogP contribution is 2.47. The molecule has 106 valence electrons. The summed E-state index contributed by atoms with van der Waals surface area (Å²) in [4.78, 5) is 4.11. The van der Waals surface area contributed by atoms with Gasteiger partial charge in [-0.15, -0.1) is 0 Å². The van der Waals surface area contributed by atoms with E-state index in [-0.39, 0.29) is 36.9 Å². The lowest BCUT2D eigenvalue weighted by Crippen LogP contribution is -1.93. The van der Waals surface area contributed by atoms with Crippen molar-refractivity contribution in [2.24, 2.45) is 0 Å². The molecule has 0 spiro atoms. The van der Waals surface area contributed by atoms with E-state index in [2.05, 4.69) is 4.98 Å². The Hall–Kier alpha value is 0.0700. The molecule has 8 heteroatoms. The molecule has 1 N–H and O–H groups in total. The van der Waals surface area contributed by atoms with Gasteiger partial charge in [-0.1, -0.05) is 69.6 Å². The minimum Gasteiger partial charge on any atom is -0.392 e. The molecule has 0 amide bonds. The molecule has 0 bridgehead atoms. The molecule has 0 saturated heterocycles. The summed E-state index contributed by atoms with van der Waals surface area (Å²) in [5.41, 5.74) is 1.20. The lowest BCUT2D eigenvalue weighted by atomic mass is 10.1. The van der Waals surface area contributed by atoms with E-state index in [9.17, 15) is 5.11 Å². The van der Waals surface area contributed by atoms with Gasteiger partial charge in [0.2, 0.25) is 0 Å². The highest BCUT2D eigenvalue weighted by atomic mass is 35.5. The molecule has 0 fully saturated rings. The van der Waals surface area contributed by atoms with Crippen molar-refractivity contribution in [1.82, 2.24) is 4.98 Å². The number of pyridine rings is 1. The number of benzene rings is 1. The molecule has 0 atom stereocenters. The topological polar surface area (TPSA) is 33.1 Å². The van der Waals surface area contributed by atoms with Crippen LogP contribution < -0.4 is 0 Å². The highest BCUT2D eigenvalue weighted by molar-refractivity contribution is 6.56. The summed E-state index contributed by atoms with van der Waals surface area (Å²) in [5.74, 6) is 0. The van der Waals surface area contributed by atoms with E-state index in [4.69, 9.17) is 69.6 Å². The largest absolute Gasteiger partial charge is 0.392 e. The van der Waals surface area contributed by atoms with Crippen molar-refractivity contribution < 1.29 is 5.11 Å². The van der Waals surface area contributed by atoms with Crippen molar-refractivity contribution in [3.8, 4) is 11.3 Å². The number of nitrogens with zero attached hydrogens (tertiary/aromatic N) is 1. The molecular formula is C12H5Cl6NO. The van der Waals surface area contributed by atoms with Crippen LogP contribution in [0.25, 0.3) is 11.3 Å². The van der Waals surface area contributed by atoms with Gasteiger partial charge in [-0.25, -0.2) is 4.98 Å². The molecule has 0 aliphatic carbocycles. The second-order valence-electron chi connectivity index (χ2n) is 3.79. The van der Waals surface area contributed by atoms with E-state index < -0.39 is 0 Å². The fourth-order valence-corrected chi connectivity index (χ4v) is 3.16. The fourth-order valence-electron chi connectivity index (χ4n) is 1.60. The average molecular weight is 392 g/mol. The predicted molar refractivity (Wildman–Crippen MR) is 85.7 cm³/mol. The minimum atomic E-state index is -0.209. The van der Waals surface area contributed by atoms with Crippen LogP contribution in [0.15, 0.2) is 12.1 Å². The molecule has 1 aromatic carbocycles. The first-order valence-electron chi connectivity index (χ1n) is 5.16. The maximum atomic E-state index is 9.20. The molecule has 20 heavy (non-hydrogen) atoms. The van der Waals surface area contributed by atoms with Crippen LogP contribution in [0.1, 0.15) is 5.56 Å². The molecule has 0 unspecified atom stereocenters. The second-order valence-corrected chi connectivity index (χ2v) is 6.06. The van der Waals surface area contributed by atoms with Crippen LogP contribution in [0.2, 0.25) is 30.3 Å². The smallest absolute Gasteiger partial charge is 0.130 e. The van der Waals surface area contributed by atoms with Gasteiger partial charge in [0.05, 0.1) is 37.4 Å². The van der Waals surface area contributed by atoms with E-state index in [1.165, 1.54) is 6.07 Å². The van der Waals surface area contributed by atoms with Crippen molar-refractivity contribution >= 4 is 69.6 Å². The minimum absolute atomic E-state index is 0.0662. The Morgan fingerprint density at radius 1 is 0.800 bits per heavy atom. The zero-order chi connectivity index (χ0) is 15.0. The van der Waals surface area contributed by atoms with Gasteiger partial charge in [0.1, 0.15) is 5.15 Å². The summed E-state index contributed by atoms with van der Waals surface area (Å²) in [6, 6.07) is 3.10. The average Bonchev–Trinajstić information content (AvgIpc) is 2.42. The zero-order valence-electron chi connectivity index (χ0n) is 9.52. The Labute approximate surface area is 145 Å². The van der Waals surface area contributed by atoms with Gasteiger partial charge in [-0.2, -0.15) is 0 Å². The van der Waals surface area contributed by atoms with E-state index in [1.807, 2.05) is 0 Å². The standard InChI is InChI=1S/C12H5Cl6NO/c13-6-2-4(3-20)1-5(19-6)7-8(14)10(16)12(18)11(17)9(7)15/h1-2,20H,3H2. The van der Waals surface area contributed by atoms with Gasteiger partial charge in [-0.3, -0.25) is 0 Å². The van der Waals surface area contributed by atoms with Crippen LogP contribution in [-0.2, 0) is 6.61 Å². The van der Waals surface area contributed by atoms with Gasteiger partial charge in [0.25, 0.3) is 0 Å². The molecular weight excluding hydrogens is 387 g/mol. The monoisotopic (exact) mass is 389 g/mol. The lowest BCUT2D eigenvalue weighted by Gasteiger charge is -2.13. The van der Waals surface area contributed by atoms with Crippen molar-refractivity contribution in [3.63, 3.8) is 0 Å². The summed E-state index contributed by atoms with van der Waals surface area (Å²) < 4.78 is 0. The van der Waals surface area contributed by atoms with Crippen LogP contribution in [0.3, 0.4) is 0 Å². The van der Waals surface area contributed by atoms with E-state index in [0.29, 0.717) is 16.8 Å². The maximum absolute atomic E-state index is 9.20. The second kappa shape index (κ2) is 6.45. The van der Waals surface area contributed by atoms with Crippen LogP contribution in [-0.4, -0.2) is 10.1 Å². The van der Waals surface area contributed by atoms with Crippen molar-refractivity contribution in [2.75, 3.05) is 0 Å². The predicted octanol–water partition coefficient (Wildman–Crippen LogP) is 6.16. The van der Waals surface area contributed by atoms with Crippen LogP contribution >= 0.6 is 69.6 Å². The number of hydrogen-bond donors (Lipinski definition) is 1. The number of hydrogen-bond acceptors (Lipinski definition) is 2. The van der Waals surface area contributed by atoms with Crippen LogP contribution in [0, 0.1) is 0 Å². The maximum Gasteiger partial charge on any atom is 0.130 e. The third kappa shape index (κ3) is 2.97. The Morgan fingerprint density at radius 2 is 1.30 bits per heavy atom. The Morgan fingerprint density at radius 3 is 1.80 bits per heavy atom. The van der Waals surface area contributed by atoms with Crippen molar-refractivity contribution in [1.29, 1.82) is 0 Å².